The van der Waals surface area contributed by atoms with Crippen molar-refractivity contribution < 1.29 is 14.3 Å². The number of thiazole rings is 1. The maximum absolute atomic E-state index is 12.4. The zero-order valence-corrected chi connectivity index (χ0v) is 18.9. The predicted octanol–water partition coefficient (Wildman–Crippen LogP) is 5.98. The minimum atomic E-state index is -0.550. The molecule has 162 valence electrons. The summed E-state index contributed by atoms with van der Waals surface area (Å²) in [6.45, 7) is 1.45. The number of nitrogens with zero attached hydrogens (tertiary/aromatic N) is 3. The number of fused-ring (bicyclic) bond motifs is 1. The Morgan fingerprint density at radius 3 is 2.67 bits per heavy atom. The van der Waals surface area contributed by atoms with E-state index in [1.165, 1.54) is 23.2 Å². The Morgan fingerprint density at radius 1 is 1.06 bits per heavy atom. The van der Waals surface area contributed by atoms with Gasteiger partial charge in [0.15, 0.2) is 10.8 Å². The Hall–Kier alpha value is -3.81. The Bertz CT molecular complexity index is 1470. The first-order chi connectivity index (χ1) is 16.0. The fourth-order valence-corrected chi connectivity index (χ4v) is 4.51. The topological polar surface area (TPSA) is 71.9 Å². The molecule has 5 rings (SSSR count). The standard InChI is InChI=1S/C25H16ClN3O3S/c1-15(30)29(21-8-4-7-19(26)12-21)25-27-20(14-33-25)13-22-24(31)32-23(28-22)18-10-9-16-5-2-3-6-17(16)11-18/h2-14H,1H3. The molecule has 2 heterocycles. The largest absolute Gasteiger partial charge is 0.402 e. The van der Waals surface area contributed by atoms with E-state index in [0.717, 1.165) is 10.8 Å². The SMILES string of the molecule is CC(=O)N(c1cccc(Cl)c1)c1nc(C=C2N=C(c3ccc4ccccc4c3)OC2=O)cs1. The van der Waals surface area contributed by atoms with Crippen LogP contribution in [0, 0.1) is 0 Å². The fourth-order valence-electron chi connectivity index (χ4n) is 3.48. The molecule has 1 aliphatic rings. The van der Waals surface area contributed by atoms with E-state index in [0.29, 0.717) is 27.1 Å². The number of aromatic nitrogens is 1. The van der Waals surface area contributed by atoms with Crippen LogP contribution in [0.5, 0.6) is 0 Å². The molecule has 0 bridgehead atoms. The van der Waals surface area contributed by atoms with Gasteiger partial charge in [0, 0.05) is 22.9 Å². The third-order valence-corrected chi connectivity index (χ3v) is 6.06. The molecule has 33 heavy (non-hydrogen) atoms. The quantitative estimate of drug-likeness (QED) is 0.270. The number of cyclic esters (lactones) is 1. The van der Waals surface area contributed by atoms with Crippen LogP contribution in [0.2, 0.25) is 5.02 Å². The number of amides is 1. The molecule has 4 aromatic rings. The number of benzene rings is 3. The molecular weight excluding hydrogens is 458 g/mol. The Balaban J connectivity index is 1.45. The van der Waals surface area contributed by atoms with Gasteiger partial charge in [-0.3, -0.25) is 9.69 Å². The van der Waals surface area contributed by atoms with Crippen molar-refractivity contribution in [2.24, 2.45) is 4.99 Å². The van der Waals surface area contributed by atoms with Crippen LogP contribution in [0.3, 0.4) is 0 Å². The minimum absolute atomic E-state index is 0.145. The summed E-state index contributed by atoms with van der Waals surface area (Å²) in [5.41, 5.74) is 1.97. The van der Waals surface area contributed by atoms with Gasteiger partial charge < -0.3 is 4.74 Å². The summed E-state index contributed by atoms with van der Waals surface area (Å²) in [5.74, 6) is -0.509. The highest BCUT2D eigenvalue weighted by Crippen LogP contribution is 2.31. The lowest BCUT2D eigenvalue weighted by molar-refractivity contribution is -0.130. The Labute approximate surface area is 198 Å². The van der Waals surface area contributed by atoms with Crippen LogP contribution < -0.4 is 4.90 Å². The van der Waals surface area contributed by atoms with Gasteiger partial charge in [-0.1, -0.05) is 48.0 Å². The number of aliphatic imine (C=N–C) groups is 1. The van der Waals surface area contributed by atoms with E-state index < -0.39 is 5.97 Å². The van der Waals surface area contributed by atoms with E-state index in [1.807, 2.05) is 42.5 Å². The molecule has 0 N–H and O–H groups in total. The van der Waals surface area contributed by atoms with Crippen molar-refractivity contribution in [1.29, 1.82) is 0 Å². The highest BCUT2D eigenvalue weighted by atomic mass is 35.5. The normalized spacial score (nSPS) is 14.4. The van der Waals surface area contributed by atoms with Gasteiger partial charge in [-0.2, -0.15) is 0 Å². The summed E-state index contributed by atoms with van der Waals surface area (Å²) >= 11 is 7.36. The van der Waals surface area contributed by atoms with Gasteiger partial charge in [0.25, 0.3) is 0 Å². The molecule has 3 aromatic carbocycles. The molecule has 0 fully saturated rings. The van der Waals surface area contributed by atoms with Crippen LogP contribution in [0.15, 0.2) is 82.8 Å². The van der Waals surface area contributed by atoms with E-state index >= 15 is 0 Å². The highest BCUT2D eigenvalue weighted by molar-refractivity contribution is 7.14. The summed E-state index contributed by atoms with van der Waals surface area (Å²) in [4.78, 5) is 35.1. The maximum Gasteiger partial charge on any atom is 0.363 e. The fraction of sp³-hybridized carbons (Fsp3) is 0.0400. The number of hydrogen-bond donors (Lipinski definition) is 0. The molecule has 1 aliphatic heterocycles. The molecule has 0 spiro atoms. The monoisotopic (exact) mass is 473 g/mol. The van der Waals surface area contributed by atoms with Crippen LogP contribution in [0.1, 0.15) is 18.2 Å². The maximum atomic E-state index is 12.4. The first-order valence-electron chi connectivity index (χ1n) is 10.0. The van der Waals surface area contributed by atoms with E-state index in [-0.39, 0.29) is 17.5 Å². The van der Waals surface area contributed by atoms with Gasteiger partial charge in [-0.15, -0.1) is 11.3 Å². The number of esters is 1. The van der Waals surface area contributed by atoms with Gasteiger partial charge in [-0.05, 0) is 47.2 Å². The summed E-state index contributed by atoms with van der Waals surface area (Å²) in [6, 6.07) is 20.7. The molecule has 0 saturated carbocycles. The van der Waals surface area contributed by atoms with Crippen molar-refractivity contribution in [1.82, 2.24) is 4.98 Å². The number of halogens is 1. The van der Waals surface area contributed by atoms with Crippen LogP contribution in [0.4, 0.5) is 10.8 Å². The van der Waals surface area contributed by atoms with Crippen molar-refractivity contribution in [3.8, 4) is 0 Å². The number of carbonyl (C=O) groups excluding carboxylic acids is 2. The molecule has 0 unspecified atom stereocenters. The minimum Gasteiger partial charge on any atom is -0.402 e. The number of ether oxygens (including phenoxy) is 1. The summed E-state index contributed by atoms with van der Waals surface area (Å²) in [6.07, 6.45) is 1.55. The molecule has 0 radical (unpaired) electrons. The van der Waals surface area contributed by atoms with E-state index in [9.17, 15) is 9.59 Å². The van der Waals surface area contributed by atoms with Crippen LogP contribution in [-0.4, -0.2) is 22.8 Å². The lowest BCUT2D eigenvalue weighted by Crippen LogP contribution is -2.22. The molecule has 6 nitrogen and oxygen atoms in total. The van der Waals surface area contributed by atoms with Crippen molar-refractivity contribution in [3.63, 3.8) is 0 Å². The van der Waals surface area contributed by atoms with E-state index in [2.05, 4.69) is 9.98 Å². The Morgan fingerprint density at radius 2 is 1.88 bits per heavy atom. The molecule has 0 aliphatic carbocycles. The lowest BCUT2D eigenvalue weighted by Gasteiger charge is -2.18. The number of rotatable bonds is 4. The molecule has 0 atom stereocenters. The molecule has 0 saturated heterocycles. The van der Waals surface area contributed by atoms with Crippen LogP contribution in [-0.2, 0) is 14.3 Å². The molecule has 1 amide bonds. The summed E-state index contributed by atoms with van der Waals surface area (Å²) < 4.78 is 5.40. The Kier molecular flexibility index (Phi) is 5.50. The van der Waals surface area contributed by atoms with Gasteiger partial charge in [0.2, 0.25) is 11.8 Å². The number of carbonyl (C=O) groups is 2. The van der Waals surface area contributed by atoms with Crippen LogP contribution >= 0.6 is 22.9 Å². The number of anilines is 2. The second-order valence-electron chi connectivity index (χ2n) is 7.29. The third kappa shape index (κ3) is 4.28. The first-order valence-corrected chi connectivity index (χ1v) is 11.3. The number of hydrogen-bond acceptors (Lipinski definition) is 6. The average Bonchev–Trinajstić information content (AvgIpc) is 3.40. The highest BCUT2D eigenvalue weighted by Gasteiger charge is 2.25. The third-order valence-electron chi connectivity index (χ3n) is 4.98. The zero-order chi connectivity index (χ0) is 22.9. The van der Waals surface area contributed by atoms with Gasteiger partial charge in [0.05, 0.1) is 11.4 Å². The van der Waals surface area contributed by atoms with Crippen LogP contribution in [0.25, 0.3) is 16.8 Å². The van der Waals surface area contributed by atoms with E-state index in [1.54, 1.807) is 35.7 Å². The second kappa shape index (κ2) is 8.61. The molecular formula is C25H16ClN3O3S. The first kappa shape index (κ1) is 21.1. The predicted molar refractivity (Wildman–Crippen MR) is 131 cm³/mol. The average molecular weight is 474 g/mol. The van der Waals surface area contributed by atoms with Crippen molar-refractivity contribution >= 4 is 68.4 Å². The summed E-state index contributed by atoms with van der Waals surface area (Å²) in [7, 11) is 0. The van der Waals surface area contributed by atoms with Crippen molar-refractivity contribution in [2.45, 2.75) is 6.92 Å². The van der Waals surface area contributed by atoms with Crippen molar-refractivity contribution in [2.75, 3.05) is 4.90 Å². The smallest absolute Gasteiger partial charge is 0.363 e. The van der Waals surface area contributed by atoms with E-state index in [4.69, 9.17) is 16.3 Å². The molecule has 1 aromatic heterocycles. The second-order valence-corrected chi connectivity index (χ2v) is 8.56. The zero-order valence-electron chi connectivity index (χ0n) is 17.4. The van der Waals surface area contributed by atoms with Gasteiger partial charge in [-0.25, -0.2) is 14.8 Å². The lowest BCUT2D eigenvalue weighted by atomic mass is 10.1. The van der Waals surface area contributed by atoms with Crippen molar-refractivity contribution in [3.05, 3.63) is 94.1 Å². The van der Waals surface area contributed by atoms with Gasteiger partial charge in [0.1, 0.15) is 0 Å². The summed E-state index contributed by atoms with van der Waals surface area (Å²) in [5, 5.41) is 4.84. The van der Waals surface area contributed by atoms with Gasteiger partial charge >= 0.3 is 5.97 Å². The molecule has 8 heteroatoms.